The lowest BCUT2D eigenvalue weighted by molar-refractivity contribution is 0.0921. The summed E-state index contributed by atoms with van der Waals surface area (Å²) < 4.78 is 23.8. The molecule has 0 aliphatic carbocycles. The first-order chi connectivity index (χ1) is 9.69. The van der Waals surface area contributed by atoms with Gasteiger partial charge in [-0.25, -0.2) is 4.39 Å². The van der Waals surface area contributed by atoms with Crippen molar-refractivity contribution >= 4 is 5.78 Å². The molecule has 0 aliphatic rings. The number of hydrogen-bond acceptors (Lipinski definition) is 3. The summed E-state index contributed by atoms with van der Waals surface area (Å²) in [6.45, 7) is 2.31. The molecule has 104 valence electrons. The number of halogens is 1. The smallest absolute Gasteiger partial charge is 0.200 e. The number of Topliss-reactive ketones (excluding diaryl/α,β-unsaturated/α-hetero) is 1. The Balaban J connectivity index is 1.98. The Morgan fingerprint density at radius 3 is 2.45 bits per heavy atom. The van der Waals surface area contributed by atoms with Crippen molar-refractivity contribution in [3.8, 4) is 11.5 Å². The van der Waals surface area contributed by atoms with E-state index in [1.54, 1.807) is 24.3 Å². The third kappa shape index (κ3) is 3.82. The number of ketones is 1. The van der Waals surface area contributed by atoms with E-state index in [9.17, 15) is 9.18 Å². The summed E-state index contributed by atoms with van der Waals surface area (Å²) in [5.74, 6) is 0.518. The van der Waals surface area contributed by atoms with Crippen LogP contribution >= 0.6 is 0 Å². The zero-order chi connectivity index (χ0) is 14.4. The molecule has 0 amide bonds. The second kappa shape index (κ2) is 6.70. The van der Waals surface area contributed by atoms with Crippen LogP contribution < -0.4 is 9.47 Å². The van der Waals surface area contributed by atoms with E-state index in [0.29, 0.717) is 23.7 Å². The minimum atomic E-state index is -0.436. The lowest BCUT2D eigenvalue weighted by atomic mass is 10.1. The van der Waals surface area contributed by atoms with Crippen molar-refractivity contribution in [1.82, 2.24) is 0 Å². The van der Waals surface area contributed by atoms with E-state index in [4.69, 9.17) is 9.47 Å². The predicted molar refractivity (Wildman–Crippen MR) is 73.8 cm³/mol. The Morgan fingerprint density at radius 1 is 1.05 bits per heavy atom. The number of hydrogen-bond donors (Lipinski definition) is 0. The first-order valence-corrected chi connectivity index (χ1v) is 6.33. The van der Waals surface area contributed by atoms with Crippen molar-refractivity contribution < 1.29 is 18.7 Å². The fourth-order valence-corrected chi connectivity index (χ4v) is 1.71. The normalized spacial score (nSPS) is 10.1. The minimum Gasteiger partial charge on any atom is -0.494 e. The van der Waals surface area contributed by atoms with Crippen LogP contribution in [0.15, 0.2) is 48.5 Å². The van der Waals surface area contributed by atoms with Crippen molar-refractivity contribution in [2.45, 2.75) is 6.92 Å². The number of carbonyl (C=O) groups excluding carboxylic acids is 1. The highest BCUT2D eigenvalue weighted by atomic mass is 19.1. The molecule has 0 radical (unpaired) electrons. The van der Waals surface area contributed by atoms with Crippen LogP contribution in [0.4, 0.5) is 4.39 Å². The maximum Gasteiger partial charge on any atom is 0.200 e. The molecule has 0 saturated heterocycles. The highest BCUT2D eigenvalue weighted by molar-refractivity contribution is 5.97. The summed E-state index contributed by atoms with van der Waals surface area (Å²) in [7, 11) is 0. The summed E-state index contributed by atoms with van der Waals surface area (Å²) in [5, 5.41) is 0. The predicted octanol–water partition coefficient (Wildman–Crippen LogP) is 3.49. The summed E-state index contributed by atoms with van der Waals surface area (Å²) in [4.78, 5) is 11.9. The average molecular weight is 274 g/mol. The molecule has 0 N–H and O–H groups in total. The molecule has 3 nitrogen and oxygen atoms in total. The van der Waals surface area contributed by atoms with Gasteiger partial charge in [0.2, 0.25) is 0 Å². The number of benzene rings is 2. The molecule has 0 atom stereocenters. The Bertz CT molecular complexity index is 596. The van der Waals surface area contributed by atoms with Gasteiger partial charge in [-0.05, 0) is 31.2 Å². The molecule has 0 saturated carbocycles. The molecule has 0 unspecified atom stereocenters. The van der Waals surface area contributed by atoms with Gasteiger partial charge in [0.15, 0.2) is 12.4 Å². The third-order valence-corrected chi connectivity index (χ3v) is 2.63. The van der Waals surface area contributed by atoms with E-state index in [1.807, 2.05) is 13.0 Å². The van der Waals surface area contributed by atoms with Crippen LogP contribution in [0, 0.1) is 5.82 Å². The van der Waals surface area contributed by atoms with Crippen molar-refractivity contribution in [1.29, 1.82) is 0 Å². The zero-order valence-corrected chi connectivity index (χ0v) is 11.1. The van der Waals surface area contributed by atoms with Gasteiger partial charge in [-0.15, -0.1) is 0 Å². The maximum atomic E-state index is 13.0. The molecule has 4 heteroatoms. The van der Waals surface area contributed by atoms with Crippen LogP contribution in [0.2, 0.25) is 0 Å². The minimum absolute atomic E-state index is 0.140. The van der Waals surface area contributed by atoms with E-state index >= 15 is 0 Å². The van der Waals surface area contributed by atoms with Gasteiger partial charge in [-0.3, -0.25) is 4.79 Å². The van der Waals surface area contributed by atoms with Crippen molar-refractivity contribution in [3.05, 3.63) is 59.9 Å². The SMILES string of the molecule is CCOc1cccc(OCC(=O)c2cccc(F)c2)c1. The topological polar surface area (TPSA) is 35.5 Å². The summed E-state index contributed by atoms with van der Waals surface area (Å²) in [6.07, 6.45) is 0. The molecule has 0 fully saturated rings. The van der Waals surface area contributed by atoms with E-state index in [1.165, 1.54) is 18.2 Å². The van der Waals surface area contributed by atoms with E-state index in [2.05, 4.69) is 0 Å². The first kappa shape index (κ1) is 14.1. The van der Waals surface area contributed by atoms with Crippen LogP contribution in [0.25, 0.3) is 0 Å². The highest BCUT2D eigenvalue weighted by Crippen LogP contribution is 2.19. The Morgan fingerprint density at radius 2 is 1.75 bits per heavy atom. The van der Waals surface area contributed by atoms with E-state index in [0.717, 1.165) is 0 Å². The van der Waals surface area contributed by atoms with Gasteiger partial charge in [0.25, 0.3) is 0 Å². The lowest BCUT2D eigenvalue weighted by Gasteiger charge is -2.08. The third-order valence-electron chi connectivity index (χ3n) is 2.63. The van der Waals surface area contributed by atoms with Gasteiger partial charge in [0, 0.05) is 11.6 Å². The molecule has 0 spiro atoms. The van der Waals surface area contributed by atoms with Crippen LogP contribution in [0.1, 0.15) is 17.3 Å². The molecule has 2 aromatic rings. The molecule has 20 heavy (non-hydrogen) atoms. The Kier molecular flexibility index (Phi) is 4.71. The Hall–Kier alpha value is -2.36. The molecule has 0 heterocycles. The van der Waals surface area contributed by atoms with E-state index < -0.39 is 5.82 Å². The van der Waals surface area contributed by atoms with Crippen molar-refractivity contribution in [2.75, 3.05) is 13.2 Å². The largest absolute Gasteiger partial charge is 0.494 e. The second-order valence-corrected chi connectivity index (χ2v) is 4.13. The number of ether oxygens (including phenoxy) is 2. The molecule has 0 aliphatic heterocycles. The summed E-state index contributed by atoms with van der Waals surface area (Å²) >= 11 is 0. The van der Waals surface area contributed by atoms with Crippen LogP contribution in [-0.4, -0.2) is 19.0 Å². The van der Waals surface area contributed by atoms with Gasteiger partial charge in [0.05, 0.1) is 6.61 Å². The van der Waals surface area contributed by atoms with Crippen molar-refractivity contribution in [3.63, 3.8) is 0 Å². The second-order valence-electron chi connectivity index (χ2n) is 4.13. The molecule has 0 aromatic heterocycles. The molecule has 2 rings (SSSR count). The number of rotatable bonds is 6. The van der Waals surface area contributed by atoms with Gasteiger partial charge in [-0.2, -0.15) is 0 Å². The zero-order valence-electron chi connectivity index (χ0n) is 11.1. The summed E-state index contributed by atoms with van der Waals surface area (Å²) in [5.41, 5.74) is 0.297. The first-order valence-electron chi connectivity index (χ1n) is 6.33. The van der Waals surface area contributed by atoms with Crippen LogP contribution in [-0.2, 0) is 0 Å². The van der Waals surface area contributed by atoms with Gasteiger partial charge in [0.1, 0.15) is 17.3 Å². The fraction of sp³-hybridized carbons (Fsp3) is 0.188. The lowest BCUT2D eigenvalue weighted by Crippen LogP contribution is -2.11. The summed E-state index contributed by atoms with van der Waals surface area (Å²) in [6, 6.07) is 12.6. The maximum absolute atomic E-state index is 13.0. The highest BCUT2D eigenvalue weighted by Gasteiger charge is 2.08. The molecule has 2 aromatic carbocycles. The van der Waals surface area contributed by atoms with Gasteiger partial charge >= 0.3 is 0 Å². The fourth-order valence-electron chi connectivity index (χ4n) is 1.71. The molecular formula is C16H15FO3. The van der Waals surface area contributed by atoms with Gasteiger partial charge in [-0.1, -0.05) is 18.2 Å². The number of carbonyl (C=O) groups is 1. The van der Waals surface area contributed by atoms with Gasteiger partial charge < -0.3 is 9.47 Å². The van der Waals surface area contributed by atoms with Crippen LogP contribution in [0.3, 0.4) is 0 Å². The van der Waals surface area contributed by atoms with Crippen LogP contribution in [0.5, 0.6) is 11.5 Å². The molecule has 0 bridgehead atoms. The quantitative estimate of drug-likeness (QED) is 0.756. The van der Waals surface area contributed by atoms with E-state index in [-0.39, 0.29) is 12.4 Å². The molecular weight excluding hydrogens is 259 g/mol. The average Bonchev–Trinajstić information content (AvgIpc) is 2.45. The Labute approximate surface area is 117 Å². The van der Waals surface area contributed by atoms with Crippen molar-refractivity contribution in [2.24, 2.45) is 0 Å². The standard InChI is InChI=1S/C16H15FO3/c1-2-19-14-7-4-8-15(10-14)20-11-16(18)12-5-3-6-13(17)9-12/h3-10H,2,11H2,1H3. The monoisotopic (exact) mass is 274 g/mol.